The number of nitrogens with zero attached hydrogens (tertiary/aromatic N) is 1. The maximum absolute atomic E-state index is 12.3. The Labute approximate surface area is 115 Å². The van der Waals surface area contributed by atoms with E-state index >= 15 is 0 Å². The van der Waals surface area contributed by atoms with Crippen molar-refractivity contribution in [2.45, 2.75) is 16.6 Å². The van der Waals surface area contributed by atoms with E-state index in [0.29, 0.717) is 6.42 Å². The molecule has 98 valence electrons. The standard InChI is InChI=1S/C14H13NO3S/c1-2-7-15(9-13(16)17)14(18)12-8-10-5-3-4-6-11(10)19-12/h1,3-6,12H,7-9H2,(H,16,17). The molecule has 0 aromatic heterocycles. The average molecular weight is 275 g/mol. The third kappa shape index (κ3) is 3.09. The molecular formula is C14H13NO3S. The topological polar surface area (TPSA) is 57.6 Å². The third-order valence-electron chi connectivity index (χ3n) is 2.84. The molecule has 1 N–H and O–H groups in total. The first-order chi connectivity index (χ1) is 9.11. The SMILES string of the molecule is C#CCN(CC(=O)O)C(=O)C1Cc2ccccc2S1. The lowest BCUT2D eigenvalue weighted by atomic mass is 10.1. The van der Waals surface area contributed by atoms with Gasteiger partial charge in [0.15, 0.2) is 0 Å². The number of thioether (sulfide) groups is 1. The van der Waals surface area contributed by atoms with Crippen LogP contribution in [-0.2, 0) is 16.0 Å². The zero-order chi connectivity index (χ0) is 13.8. The molecule has 0 spiro atoms. The fourth-order valence-electron chi connectivity index (χ4n) is 2.01. The summed E-state index contributed by atoms with van der Waals surface area (Å²) in [5.74, 6) is 1.07. The normalized spacial score (nSPS) is 16.5. The maximum Gasteiger partial charge on any atom is 0.323 e. The van der Waals surface area contributed by atoms with E-state index in [9.17, 15) is 9.59 Å². The quantitative estimate of drug-likeness (QED) is 0.840. The highest BCUT2D eigenvalue weighted by Gasteiger charge is 2.31. The van der Waals surface area contributed by atoms with Crippen LogP contribution in [0.25, 0.3) is 0 Å². The van der Waals surface area contributed by atoms with Crippen LogP contribution in [0.1, 0.15) is 5.56 Å². The summed E-state index contributed by atoms with van der Waals surface area (Å²) < 4.78 is 0. The van der Waals surface area contributed by atoms with E-state index in [2.05, 4.69) is 5.92 Å². The fourth-order valence-corrected chi connectivity index (χ4v) is 3.29. The molecule has 2 rings (SSSR count). The molecule has 1 unspecified atom stereocenters. The smallest absolute Gasteiger partial charge is 0.323 e. The Morgan fingerprint density at radius 1 is 1.47 bits per heavy atom. The lowest BCUT2D eigenvalue weighted by molar-refractivity contribution is -0.143. The van der Waals surface area contributed by atoms with Gasteiger partial charge in [-0.25, -0.2) is 0 Å². The second-order valence-corrected chi connectivity index (χ2v) is 5.46. The van der Waals surface area contributed by atoms with Crippen LogP contribution in [0.4, 0.5) is 0 Å². The van der Waals surface area contributed by atoms with Crippen LogP contribution in [0.2, 0.25) is 0 Å². The Bertz CT molecular complexity index is 525. The van der Waals surface area contributed by atoms with Gasteiger partial charge in [0.05, 0.1) is 11.8 Å². The number of carbonyl (C=O) groups is 2. The number of hydrogen-bond donors (Lipinski definition) is 1. The summed E-state index contributed by atoms with van der Waals surface area (Å²) in [6, 6.07) is 7.81. The first kappa shape index (κ1) is 13.5. The summed E-state index contributed by atoms with van der Waals surface area (Å²) >= 11 is 1.47. The summed E-state index contributed by atoms with van der Waals surface area (Å²) in [5, 5.41) is 8.53. The van der Waals surface area contributed by atoms with E-state index in [4.69, 9.17) is 11.5 Å². The van der Waals surface area contributed by atoms with E-state index in [1.54, 1.807) is 0 Å². The number of hydrogen-bond acceptors (Lipinski definition) is 3. The van der Waals surface area contributed by atoms with Crippen molar-refractivity contribution in [3.8, 4) is 12.3 Å². The minimum Gasteiger partial charge on any atom is -0.480 e. The highest BCUT2D eigenvalue weighted by atomic mass is 32.2. The molecule has 0 aliphatic carbocycles. The molecule has 1 heterocycles. The Morgan fingerprint density at radius 2 is 2.21 bits per heavy atom. The summed E-state index contributed by atoms with van der Waals surface area (Å²) in [6.07, 6.45) is 5.81. The lowest BCUT2D eigenvalue weighted by Crippen LogP contribution is -2.41. The second-order valence-electron chi connectivity index (χ2n) is 4.21. The van der Waals surface area contributed by atoms with Gasteiger partial charge in [-0.1, -0.05) is 24.1 Å². The molecule has 1 amide bonds. The highest BCUT2D eigenvalue weighted by Crippen LogP contribution is 2.37. The molecule has 19 heavy (non-hydrogen) atoms. The molecule has 4 nitrogen and oxygen atoms in total. The molecule has 0 fully saturated rings. The fraction of sp³-hybridized carbons (Fsp3) is 0.286. The van der Waals surface area contributed by atoms with Gasteiger partial charge in [0.1, 0.15) is 6.54 Å². The molecule has 0 saturated carbocycles. The van der Waals surface area contributed by atoms with Gasteiger partial charge in [0, 0.05) is 4.90 Å². The van der Waals surface area contributed by atoms with Gasteiger partial charge in [-0.3, -0.25) is 9.59 Å². The second kappa shape index (κ2) is 5.81. The first-order valence-corrected chi connectivity index (χ1v) is 6.68. The highest BCUT2D eigenvalue weighted by molar-refractivity contribution is 8.01. The molecule has 0 bridgehead atoms. The summed E-state index contributed by atoms with van der Waals surface area (Å²) in [4.78, 5) is 25.3. The van der Waals surface area contributed by atoms with E-state index in [0.717, 1.165) is 10.5 Å². The van der Waals surface area contributed by atoms with Crippen LogP contribution in [0.15, 0.2) is 29.2 Å². The zero-order valence-corrected chi connectivity index (χ0v) is 11.0. The minimum atomic E-state index is -1.05. The molecule has 1 atom stereocenters. The van der Waals surface area contributed by atoms with Crippen LogP contribution < -0.4 is 0 Å². The Morgan fingerprint density at radius 3 is 2.84 bits per heavy atom. The number of rotatable bonds is 4. The number of carbonyl (C=O) groups excluding carboxylic acids is 1. The van der Waals surface area contributed by atoms with E-state index in [-0.39, 0.29) is 24.2 Å². The van der Waals surface area contributed by atoms with Crippen LogP contribution in [0.3, 0.4) is 0 Å². The van der Waals surface area contributed by atoms with Gasteiger partial charge in [0.2, 0.25) is 5.91 Å². The average Bonchev–Trinajstić information content (AvgIpc) is 2.80. The van der Waals surface area contributed by atoms with Crippen molar-refractivity contribution in [3.05, 3.63) is 29.8 Å². The van der Waals surface area contributed by atoms with Crippen LogP contribution in [0.5, 0.6) is 0 Å². The zero-order valence-electron chi connectivity index (χ0n) is 10.2. The summed E-state index contributed by atoms with van der Waals surface area (Å²) in [5.41, 5.74) is 1.13. The van der Waals surface area contributed by atoms with Crippen LogP contribution in [0, 0.1) is 12.3 Å². The largest absolute Gasteiger partial charge is 0.480 e. The van der Waals surface area contributed by atoms with Crippen LogP contribution in [-0.4, -0.2) is 40.2 Å². The van der Waals surface area contributed by atoms with Crippen LogP contribution >= 0.6 is 11.8 Å². The van der Waals surface area contributed by atoms with Crippen molar-refractivity contribution in [2.24, 2.45) is 0 Å². The van der Waals surface area contributed by atoms with Crippen molar-refractivity contribution in [2.75, 3.05) is 13.1 Å². The van der Waals surface area contributed by atoms with Crippen molar-refractivity contribution < 1.29 is 14.7 Å². The van der Waals surface area contributed by atoms with Gasteiger partial charge < -0.3 is 10.0 Å². The molecular weight excluding hydrogens is 262 g/mol. The molecule has 1 aliphatic rings. The molecule has 5 heteroatoms. The number of carboxylic acid groups (broad SMARTS) is 1. The molecule has 1 aromatic rings. The van der Waals surface area contributed by atoms with E-state index < -0.39 is 5.97 Å². The number of amides is 1. The molecule has 0 radical (unpaired) electrons. The predicted octanol–water partition coefficient (Wildman–Crippen LogP) is 1.25. The monoisotopic (exact) mass is 275 g/mol. The maximum atomic E-state index is 12.3. The number of carboxylic acids is 1. The van der Waals surface area contributed by atoms with E-state index in [1.165, 1.54) is 16.7 Å². The van der Waals surface area contributed by atoms with Gasteiger partial charge in [-0.15, -0.1) is 18.2 Å². The van der Waals surface area contributed by atoms with Crippen molar-refractivity contribution in [1.82, 2.24) is 4.90 Å². The first-order valence-electron chi connectivity index (χ1n) is 5.80. The number of fused-ring (bicyclic) bond motifs is 1. The Kier molecular flexibility index (Phi) is 4.13. The number of aliphatic carboxylic acids is 1. The number of terminal acetylenes is 1. The van der Waals surface area contributed by atoms with Gasteiger partial charge >= 0.3 is 5.97 Å². The Balaban J connectivity index is 2.08. The third-order valence-corrected chi connectivity index (χ3v) is 4.15. The minimum absolute atomic E-state index is 0.0263. The van der Waals surface area contributed by atoms with Crippen molar-refractivity contribution in [3.63, 3.8) is 0 Å². The van der Waals surface area contributed by atoms with Gasteiger partial charge in [-0.05, 0) is 18.1 Å². The lowest BCUT2D eigenvalue weighted by Gasteiger charge is -2.21. The molecule has 1 aromatic carbocycles. The van der Waals surface area contributed by atoms with Gasteiger partial charge in [-0.2, -0.15) is 0 Å². The van der Waals surface area contributed by atoms with E-state index in [1.807, 2.05) is 24.3 Å². The number of benzene rings is 1. The molecule has 0 saturated heterocycles. The van der Waals surface area contributed by atoms with Crippen molar-refractivity contribution in [1.29, 1.82) is 0 Å². The predicted molar refractivity (Wildman–Crippen MR) is 72.8 cm³/mol. The van der Waals surface area contributed by atoms with Crippen molar-refractivity contribution >= 4 is 23.6 Å². The van der Waals surface area contributed by atoms with Gasteiger partial charge in [0.25, 0.3) is 0 Å². The molecule has 1 aliphatic heterocycles. The summed E-state index contributed by atoms with van der Waals surface area (Å²) in [6.45, 7) is -0.324. The summed E-state index contributed by atoms with van der Waals surface area (Å²) in [7, 11) is 0. The Hall–Kier alpha value is -1.93.